The third-order valence-electron chi connectivity index (χ3n) is 3.89. The molecule has 2 heterocycles. The highest BCUT2D eigenvalue weighted by atomic mass is 19.1. The van der Waals surface area contributed by atoms with Gasteiger partial charge < -0.3 is 15.1 Å². The van der Waals surface area contributed by atoms with Gasteiger partial charge in [-0.15, -0.1) is 0 Å². The Morgan fingerprint density at radius 3 is 2.48 bits per heavy atom. The van der Waals surface area contributed by atoms with Crippen molar-refractivity contribution in [2.24, 2.45) is 0 Å². The Bertz CT molecular complexity index is 654. The molecule has 23 heavy (non-hydrogen) atoms. The van der Waals surface area contributed by atoms with Crippen molar-refractivity contribution in [2.45, 2.75) is 6.54 Å². The molecule has 3 rings (SSSR count). The van der Waals surface area contributed by atoms with Gasteiger partial charge in [0.25, 0.3) is 0 Å². The third-order valence-corrected chi connectivity index (χ3v) is 3.89. The highest BCUT2D eigenvalue weighted by Crippen LogP contribution is 2.16. The van der Waals surface area contributed by atoms with Crippen LogP contribution in [0.4, 0.5) is 20.4 Å². The lowest BCUT2D eigenvalue weighted by Crippen LogP contribution is -2.45. The number of piperazine rings is 1. The first-order valence-corrected chi connectivity index (χ1v) is 7.55. The molecule has 1 aliphatic rings. The van der Waals surface area contributed by atoms with Crippen LogP contribution in [0.15, 0.2) is 30.6 Å². The van der Waals surface area contributed by atoms with E-state index in [1.54, 1.807) is 12.4 Å². The van der Waals surface area contributed by atoms with Gasteiger partial charge in [-0.1, -0.05) is 0 Å². The molecule has 1 aromatic heterocycles. The zero-order valence-electron chi connectivity index (χ0n) is 13.0. The summed E-state index contributed by atoms with van der Waals surface area (Å²) >= 11 is 0. The number of nitrogens with zero attached hydrogens (tertiary/aromatic N) is 4. The molecule has 1 fully saturated rings. The van der Waals surface area contributed by atoms with Crippen LogP contribution < -0.4 is 10.2 Å². The van der Waals surface area contributed by atoms with Crippen molar-refractivity contribution < 1.29 is 8.78 Å². The van der Waals surface area contributed by atoms with E-state index in [1.807, 2.05) is 0 Å². The van der Waals surface area contributed by atoms with Gasteiger partial charge in [-0.3, -0.25) is 0 Å². The zero-order valence-corrected chi connectivity index (χ0v) is 13.0. The number of rotatable bonds is 4. The third kappa shape index (κ3) is 3.92. The summed E-state index contributed by atoms with van der Waals surface area (Å²) in [5.41, 5.74) is 0.944. The first-order chi connectivity index (χ1) is 11.1. The average Bonchev–Trinajstić information content (AvgIpc) is 2.57. The molecule has 0 radical (unpaired) electrons. The monoisotopic (exact) mass is 319 g/mol. The molecule has 0 spiro atoms. The number of hydrogen-bond acceptors (Lipinski definition) is 5. The fourth-order valence-corrected chi connectivity index (χ4v) is 2.44. The summed E-state index contributed by atoms with van der Waals surface area (Å²) in [6.07, 6.45) is 3.43. The van der Waals surface area contributed by atoms with Gasteiger partial charge in [0.15, 0.2) is 0 Å². The maximum Gasteiger partial charge on any atom is 0.225 e. The lowest BCUT2D eigenvalue weighted by molar-refractivity contribution is 0.311. The van der Waals surface area contributed by atoms with E-state index >= 15 is 0 Å². The van der Waals surface area contributed by atoms with Gasteiger partial charge in [0.05, 0.1) is 5.69 Å². The van der Waals surface area contributed by atoms with Crippen molar-refractivity contribution in [1.29, 1.82) is 0 Å². The summed E-state index contributed by atoms with van der Waals surface area (Å²) in [4.78, 5) is 13.1. The summed E-state index contributed by atoms with van der Waals surface area (Å²) in [7, 11) is 2.10. The van der Waals surface area contributed by atoms with Gasteiger partial charge in [-0.05, 0) is 25.2 Å². The molecule has 0 unspecified atom stereocenters. The molecule has 0 aliphatic carbocycles. The topological polar surface area (TPSA) is 44.3 Å². The number of nitrogens with one attached hydrogen (secondary N) is 1. The van der Waals surface area contributed by atoms with Crippen LogP contribution in [0, 0.1) is 11.6 Å². The van der Waals surface area contributed by atoms with Gasteiger partial charge in [0.1, 0.15) is 11.6 Å². The van der Waals surface area contributed by atoms with Crippen molar-refractivity contribution >= 4 is 11.6 Å². The molecular weight excluding hydrogens is 300 g/mol. The average molecular weight is 319 g/mol. The predicted molar refractivity (Wildman–Crippen MR) is 85.4 cm³/mol. The van der Waals surface area contributed by atoms with Crippen LogP contribution in [-0.2, 0) is 6.54 Å². The van der Waals surface area contributed by atoms with Gasteiger partial charge in [-0.25, -0.2) is 18.7 Å². The minimum atomic E-state index is -0.485. The highest BCUT2D eigenvalue weighted by Gasteiger charge is 2.16. The first kappa shape index (κ1) is 15.6. The Hall–Kier alpha value is -2.28. The number of hydrogen-bond donors (Lipinski definition) is 1. The summed E-state index contributed by atoms with van der Waals surface area (Å²) in [5, 5.41) is 2.86. The Morgan fingerprint density at radius 1 is 1.09 bits per heavy atom. The van der Waals surface area contributed by atoms with Crippen molar-refractivity contribution in [3.05, 3.63) is 47.8 Å². The van der Waals surface area contributed by atoms with E-state index in [9.17, 15) is 8.78 Å². The molecule has 5 nitrogen and oxygen atoms in total. The van der Waals surface area contributed by atoms with E-state index in [2.05, 4.69) is 32.1 Å². The summed E-state index contributed by atoms with van der Waals surface area (Å²) in [6.45, 7) is 4.13. The summed E-state index contributed by atoms with van der Waals surface area (Å²) in [5.74, 6) is -0.254. The Labute approximate surface area is 134 Å². The number of aromatic nitrogens is 2. The van der Waals surface area contributed by atoms with Crippen molar-refractivity contribution in [2.75, 3.05) is 43.4 Å². The SMILES string of the molecule is CN1CCN(c2ncc(CNc3cc(F)ccc3F)cn2)CC1. The Kier molecular flexibility index (Phi) is 4.66. The van der Waals surface area contributed by atoms with Crippen LogP contribution >= 0.6 is 0 Å². The van der Waals surface area contributed by atoms with Gasteiger partial charge in [0, 0.05) is 50.7 Å². The molecule has 2 aromatic rings. The quantitative estimate of drug-likeness (QED) is 0.935. The smallest absolute Gasteiger partial charge is 0.225 e. The fourth-order valence-electron chi connectivity index (χ4n) is 2.44. The second-order valence-corrected chi connectivity index (χ2v) is 5.66. The normalized spacial score (nSPS) is 15.7. The van der Waals surface area contributed by atoms with Gasteiger partial charge in [-0.2, -0.15) is 0 Å². The van der Waals surface area contributed by atoms with E-state index < -0.39 is 11.6 Å². The first-order valence-electron chi connectivity index (χ1n) is 7.55. The molecule has 7 heteroatoms. The standard InChI is InChI=1S/C16H19F2N5/c1-22-4-6-23(7-5-22)16-20-10-12(11-21-16)9-19-15-8-13(17)2-3-14(15)18/h2-3,8,10-11,19H,4-7,9H2,1H3. The molecular formula is C16H19F2N5. The minimum Gasteiger partial charge on any atom is -0.378 e. The second kappa shape index (κ2) is 6.87. The zero-order chi connectivity index (χ0) is 16.2. The lowest BCUT2D eigenvalue weighted by Gasteiger charge is -2.32. The Morgan fingerprint density at radius 2 is 1.78 bits per heavy atom. The van der Waals surface area contributed by atoms with Crippen molar-refractivity contribution in [3.8, 4) is 0 Å². The molecule has 1 aliphatic heterocycles. The molecule has 1 saturated heterocycles. The van der Waals surface area contributed by atoms with Crippen LogP contribution in [0.3, 0.4) is 0 Å². The molecule has 1 aromatic carbocycles. The highest BCUT2D eigenvalue weighted by molar-refractivity contribution is 5.45. The van der Waals surface area contributed by atoms with Crippen LogP contribution in [0.1, 0.15) is 5.56 Å². The van der Waals surface area contributed by atoms with E-state index in [4.69, 9.17) is 0 Å². The van der Waals surface area contributed by atoms with Crippen molar-refractivity contribution in [1.82, 2.24) is 14.9 Å². The van der Waals surface area contributed by atoms with E-state index in [1.165, 1.54) is 0 Å². The molecule has 0 saturated carbocycles. The van der Waals surface area contributed by atoms with Gasteiger partial charge >= 0.3 is 0 Å². The summed E-state index contributed by atoms with van der Waals surface area (Å²) in [6, 6.07) is 3.33. The molecule has 1 N–H and O–H groups in total. The van der Waals surface area contributed by atoms with Gasteiger partial charge in [0.2, 0.25) is 5.95 Å². The maximum absolute atomic E-state index is 13.5. The van der Waals surface area contributed by atoms with E-state index in [-0.39, 0.29) is 5.69 Å². The largest absolute Gasteiger partial charge is 0.378 e. The maximum atomic E-state index is 13.5. The fraction of sp³-hybridized carbons (Fsp3) is 0.375. The molecule has 0 amide bonds. The van der Waals surface area contributed by atoms with E-state index in [0.717, 1.165) is 49.9 Å². The lowest BCUT2D eigenvalue weighted by atomic mass is 10.2. The van der Waals surface area contributed by atoms with E-state index in [0.29, 0.717) is 12.5 Å². The van der Waals surface area contributed by atoms with Crippen LogP contribution in [-0.4, -0.2) is 48.1 Å². The molecule has 0 bridgehead atoms. The van der Waals surface area contributed by atoms with Crippen LogP contribution in [0.25, 0.3) is 0 Å². The number of benzene rings is 1. The number of anilines is 2. The predicted octanol–water partition coefficient (Wildman–Crippen LogP) is 2.12. The molecule has 0 atom stereocenters. The number of likely N-dealkylation sites (N-methyl/N-ethyl adjacent to an activating group) is 1. The number of halogens is 2. The van der Waals surface area contributed by atoms with Crippen LogP contribution in [0.2, 0.25) is 0 Å². The van der Waals surface area contributed by atoms with Crippen LogP contribution in [0.5, 0.6) is 0 Å². The summed E-state index contributed by atoms with van der Waals surface area (Å²) < 4.78 is 26.7. The molecule has 122 valence electrons. The van der Waals surface area contributed by atoms with Crippen molar-refractivity contribution in [3.63, 3.8) is 0 Å². The minimum absolute atomic E-state index is 0.133. The second-order valence-electron chi connectivity index (χ2n) is 5.66. The Balaban J connectivity index is 1.60.